The van der Waals surface area contributed by atoms with Gasteiger partial charge in [0.2, 0.25) is 0 Å². The largest absolute Gasteiger partial charge is 0.338 e. The van der Waals surface area contributed by atoms with Crippen LogP contribution in [0.2, 0.25) is 0 Å². The van der Waals surface area contributed by atoms with Gasteiger partial charge in [-0.3, -0.25) is 9.78 Å². The Morgan fingerprint density at radius 2 is 2.08 bits per heavy atom. The summed E-state index contributed by atoms with van der Waals surface area (Å²) in [5.74, 6) is 2.12. The van der Waals surface area contributed by atoms with Crippen LogP contribution in [-0.4, -0.2) is 55.0 Å². The highest BCUT2D eigenvalue weighted by atomic mass is 32.2. The van der Waals surface area contributed by atoms with Gasteiger partial charge in [-0.05, 0) is 30.4 Å². The van der Waals surface area contributed by atoms with Crippen molar-refractivity contribution in [2.24, 2.45) is 0 Å². The number of nitrogens with zero attached hydrogens (tertiary/aromatic N) is 5. The van der Waals surface area contributed by atoms with Crippen molar-refractivity contribution in [2.45, 2.75) is 6.42 Å². The van der Waals surface area contributed by atoms with E-state index in [2.05, 4.69) is 15.1 Å². The zero-order chi connectivity index (χ0) is 16.4. The molecule has 0 aromatic carbocycles. The lowest BCUT2D eigenvalue weighted by Gasteiger charge is -2.19. The van der Waals surface area contributed by atoms with Gasteiger partial charge in [0.25, 0.3) is 5.91 Å². The van der Waals surface area contributed by atoms with E-state index in [-0.39, 0.29) is 5.91 Å². The number of pyridine rings is 1. The van der Waals surface area contributed by atoms with Crippen molar-refractivity contribution in [3.8, 4) is 11.3 Å². The third-order valence-corrected chi connectivity index (χ3v) is 5.15. The average Bonchev–Trinajstić information content (AvgIpc) is 2.88. The Morgan fingerprint density at radius 1 is 1.12 bits per heavy atom. The van der Waals surface area contributed by atoms with E-state index in [1.807, 2.05) is 34.9 Å². The molecule has 1 saturated heterocycles. The zero-order valence-corrected chi connectivity index (χ0v) is 13.9. The molecule has 1 amide bonds. The van der Waals surface area contributed by atoms with Crippen LogP contribution >= 0.6 is 11.8 Å². The smallest absolute Gasteiger partial charge is 0.259 e. The van der Waals surface area contributed by atoms with Crippen molar-refractivity contribution in [2.75, 3.05) is 24.6 Å². The molecule has 0 aliphatic carbocycles. The molecule has 4 rings (SSSR count). The molecule has 0 N–H and O–H groups in total. The Bertz CT molecular complexity index is 856. The quantitative estimate of drug-likeness (QED) is 0.717. The second-order valence-electron chi connectivity index (χ2n) is 5.62. The minimum absolute atomic E-state index is 0.0170. The van der Waals surface area contributed by atoms with Crippen LogP contribution in [0.5, 0.6) is 0 Å². The topological polar surface area (TPSA) is 63.4 Å². The number of carbonyl (C=O) groups excluding carboxylic acids is 1. The van der Waals surface area contributed by atoms with Gasteiger partial charge in [0, 0.05) is 43.0 Å². The van der Waals surface area contributed by atoms with Crippen LogP contribution in [0.1, 0.15) is 16.8 Å². The average molecular weight is 339 g/mol. The highest BCUT2D eigenvalue weighted by Gasteiger charge is 2.22. The minimum atomic E-state index is 0.0170. The van der Waals surface area contributed by atoms with Crippen LogP contribution in [-0.2, 0) is 0 Å². The molecular formula is C17H17N5OS. The molecule has 0 radical (unpaired) electrons. The Hall–Kier alpha value is -2.41. The number of hydrogen-bond donors (Lipinski definition) is 0. The van der Waals surface area contributed by atoms with Crippen molar-refractivity contribution in [1.82, 2.24) is 24.5 Å². The molecule has 1 aliphatic heterocycles. The molecule has 6 nitrogen and oxygen atoms in total. The Morgan fingerprint density at radius 3 is 2.96 bits per heavy atom. The summed E-state index contributed by atoms with van der Waals surface area (Å²) in [6.07, 6.45) is 7.89. The molecule has 0 spiro atoms. The number of carbonyl (C=O) groups is 1. The van der Waals surface area contributed by atoms with Gasteiger partial charge in [-0.15, -0.1) is 0 Å². The van der Waals surface area contributed by atoms with Gasteiger partial charge in [0.05, 0.1) is 11.9 Å². The van der Waals surface area contributed by atoms with Crippen LogP contribution in [0, 0.1) is 0 Å². The number of thioether (sulfide) groups is 1. The molecule has 3 aromatic rings. The fourth-order valence-corrected chi connectivity index (χ4v) is 3.78. The number of aromatic nitrogens is 4. The van der Waals surface area contributed by atoms with Gasteiger partial charge in [-0.1, -0.05) is 0 Å². The second kappa shape index (κ2) is 6.60. The maximum atomic E-state index is 12.9. The molecule has 3 aromatic heterocycles. The van der Waals surface area contributed by atoms with Gasteiger partial charge in [-0.25, -0.2) is 9.50 Å². The van der Waals surface area contributed by atoms with E-state index < -0.39 is 0 Å². The first-order valence-electron chi connectivity index (χ1n) is 7.95. The summed E-state index contributed by atoms with van der Waals surface area (Å²) in [6.45, 7) is 1.58. The fourth-order valence-electron chi connectivity index (χ4n) is 2.89. The zero-order valence-electron chi connectivity index (χ0n) is 13.1. The molecule has 1 fully saturated rings. The molecular weight excluding hydrogens is 322 g/mol. The molecule has 0 bridgehead atoms. The van der Waals surface area contributed by atoms with Crippen LogP contribution in [0.25, 0.3) is 16.9 Å². The highest BCUT2D eigenvalue weighted by molar-refractivity contribution is 7.99. The van der Waals surface area contributed by atoms with E-state index >= 15 is 0 Å². The summed E-state index contributed by atoms with van der Waals surface area (Å²) in [6, 6.07) is 5.73. The lowest BCUT2D eigenvalue weighted by Crippen LogP contribution is -2.32. The number of fused-ring (bicyclic) bond motifs is 1. The molecule has 1 aliphatic rings. The van der Waals surface area contributed by atoms with Gasteiger partial charge in [0.1, 0.15) is 5.56 Å². The summed E-state index contributed by atoms with van der Waals surface area (Å²) < 4.78 is 1.72. The van der Waals surface area contributed by atoms with Crippen molar-refractivity contribution < 1.29 is 4.79 Å². The van der Waals surface area contributed by atoms with Crippen molar-refractivity contribution in [3.63, 3.8) is 0 Å². The fraction of sp³-hybridized carbons (Fsp3) is 0.294. The molecule has 0 atom stereocenters. The normalized spacial score (nSPS) is 15.4. The first kappa shape index (κ1) is 15.1. The van der Waals surface area contributed by atoms with Crippen LogP contribution in [0.3, 0.4) is 0 Å². The van der Waals surface area contributed by atoms with Crippen molar-refractivity contribution >= 4 is 23.3 Å². The standard InChI is InChI=1S/C17H17N5OS/c23-17(21-7-2-9-24-10-8-21)14-12-20-22-15(4-6-19-16(14)22)13-3-1-5-18-11-13/h1,3-6,11-12H,2,7-10H2. The number of rotatable bonds is 2. The minimum Gasteiger partial charge on any atom is -0.338 e. The van der Waals surface area contributed by atoms with Crippen molar-refractivity contribution in [1.29, 1.82) is 0 Å². The molecule has 122 valence electrons. The summed E-state index contributed by atoms with van der Waals surface area (Å²) in [7, 11) is 0. The third kappa shape index (κ3) is 2.75. The van der Waals surface area contributed by atoms with Crippen LogP contribution < -0.4 is 0 Å². The Labute approximate surface area is 143 Å². The Kier molecular flexibility index (Phi) is 4.17. The van der Waals surface area contributed by atoms with Gasteiger partial charge in [0.15, 0.2) is 5.65 Å². The SMILES string of the molecule is O=C(c1cnn2c(-c3cccnc3)ccnc12)N1CCCSCC1. The molecule has 4 heterocycles. The summed E-state index contributed by atoms with van der Waals surface area (Å²) in [5.41, 5.74) is 2.97. The lowest BCUT2D eigenvalue weighted by molar-refractivity contribution is 0.0770. The van der Waals surface area contributed by atoms with Crippen LogP contribution in [0.15, 0.2) is 43.0 Å². The molecule has 0 saturated carbocycles. The van der Waals surface area contributed by atoms with Crippen LogP contribution in [0.4, 0.5) is 0 Å². The first-order chi connectivity index (χ1) is 11.8. The van der Waals surface area contributed by atoms with E-state index in [4.69, 9.17) is 0 Å². The summed E-state index contributed by atoms with van der Waals surface area (Å²) in [4.78, 5) is 23.3. The van der Waals surface area contributed by atoms with E-state index in [1.165, 1.54) is 0 Å². The monoisotopic (exact) mass is 339 g/mol. The molecule has 0 unspecified atom stereocenters. The van der Waals surface area contributed by atoms with E-state index in [0.29, 0.717) is 11.2 Å². The Balaban J connectivity index is 1.74. The predicted molar refractivity (Wildman–Crippen MR) is 94.1 cm³/mol. The molecule has 7 heteroatoms. The summed E-state index contributed by atoms with van der Waals surface area (Å²) in [5, 5.41) is 4.41. The van der Waals surface area contributed by atoms with Gasteiger partial charge < -0.3 is 4.90 Å². The summed E-state index contributed by atoms with van der Waals surface area (Å²) >= 11 is 1.90. The predicted octanol–water partition coefficient (Wildman–Crippen LogP) is 2.37. The van der Waals surface area contributed by atoms with E-state index in [9.17, 15) is 4.79 Å². The highest BCUT2D eigenvalue weighted by Crippen LogP contribution is 2.21. The first-order valence-corrected chi connectivity index (χ1v) is 9.10. The van der Waals surface area contributed by atoms with Gasteiger partial charge >= 0.3 is 0 Å². The second-order valence-corrected chi connectivity index (χ2v) is 6.85. The van der Waals surface area contributed by atoms with Crippen molar-refractivity contribution in [3.05, 3.63) is 48.5 Å². The number of amides is 1. The maximum Gasteiger partial charge on any atom is 0.259 e. The van der Waals surface area contributed by atoms with E-state index in [0.717, 1.165) is 42.3 Å². The molecule has 24 heavy (non-hydrogen) atoms. The maximum absolute atomic E-state index is 12.9. The number of hydrogen-bond acceptors (Lipinski definition) is 5. The van der Waals surface area contributed by atoms with Gasteiger partial charge in [-0.2, -0.15) is 16.9 Å². The van der Waals surface area contributed by atoms with E-state index in [1.54, 1.807) is 29.3 Å². The lowest BCUT2D eigenvalue weighted by atomic mass is 10.2. The third-order valence-electron chi connectivity index (χ3n) is 4.10.